The minimum atomic E-state index is -4.24. The van der Waals surface area contributed by atoms with E-state index in [2.05, 4.69) is 21.8 Å². The molecule has 2 aliphatic rings. The summed E-state index contributed by atoms with van der Waals surface area (Å²) in [4.78, 5) is 27.9. The molecule has 2 atom stereocenters. The number of piperazine rings is 1. The van der Waals surface area contributed by atoms with Crippen LogP contribution < -0.4 is 0 Å². The van der Waals surface area contributed by atoms with Crippen molar-refractivity contribution in [3.63, 3.8) is 0 Å². The predicted molar refractivity (Wildman–Crippen MR) is 137 cm³/mol. The van der Waals surface area contributed by atoms with Crippen molar-refractivity contribution in [2.45, 2.75) is 77.7 Å². The quantitative estimate of drug-likeness (QED) is 0.553. The molecule has 2 aliphatic heterocycles. The van der Waals surface area contributed by atoms with E-state index < -0.39 is 18.6 Å². The Bertz CT molecular complexity index is 1080. The molecular weight excluding hydrogens is 479 g/mol. The number of aryl methyl sites for hydroxylation is 3. The zero-order chi connectivity index (χ0) is 27.0. The van der Waals surface area contributed by atoms with Crippen molar-refractivity contribution < 1.29 is 18.0 Å². The van der Waals surface area contributed by atoms with Crippen LogP contribution in [0.5, 0.6) is 0 Å². The van der Waals surface area contributed by atoms with E-state index in [9.17, 15) is 18.0 Å². The molecule has 6 nitrogen and oxygen atoms in total. The van der Waals surface area contributed by atoms with Crippen molar-refractivity contribution in [2.24, 2.45) is 0 Å². The molecule has 37 heavy (non-hydrogen) atoms. The smallest absolute Gasteiger partial charge is 0.338 e. The normalized spacial score (nSPS) is 22.2. The largest absolute Gasteiger partial charge is 0.390 e. The van der Waals surface area contributed by atoms with E-state index in [0.29, 0.717) is 49.7 Å². The number of carbonyl (C=O) groups excluding carboxylic acids is 1. The van der Waals surface area contributed by atoms with Crippen LogP contribution in [0, 0.1) is 20.8 Å². The van der Waals surface area contributed by atoms with Gasteiger partial charge in [-0.05, 0) is 53.0 Å². The van der Waals surface area contributed by atoms with Crippen molar-refractivity contribution in [3.05, 3.63) is 58.7 Å². The lowest BCUT2D eigenvalue weighted by atomic mass is 9.85. The van der Waals surface area contributed by atoms with Gasteiger partial charge in [-0.2, -0.15) is 13.2 Å². The van der Waals surface area contributed by atoms with Gasteiger partial charge >= 0.3 is 6.18 Å². The zero-order valence-corrected chi connectivity index (χ0v) is 22.5. The van der Waals surface area contributed by atoms with Crippen LogP contribution in [0.15, 0.2) is 30.6 Å². The summed E-state index contributed by atoms with van der Waals surface area (Å²) in [5.74, 6) is -0.0241. The van der Waals surface area contributed by atoms with Gasteiger partial charge in [0.1, 0.15) is 6.33 Å². The number of alkyl halides is 3. The van der Waals surface area contributed by atoms with Gasteiger partial charge in [0.15, 0.2) is 0 Å². The second kappa shape index (κ2) is 10.7. The summed E-state index contributed by atoms with van der Waals surface area (Å²) in [5, 5.41) is 0. The SMILES string of the molecule is Cc1ccc([C@H](CC(F)(F)F)N2CCN(C3(C)CCN(C(=O)c4c(C)ncnc4C)CC3)C[C@@H]2C)cc1. The van der Waals surface area contributed by atoms with Gasteiger partial charge < -0.3 is 4.90 Å². The van der Waals surface area contributed by atoms with E-state index in [4.69, 9.17) is 0 Å². The Morgan fingerprint density at radius 3 is 2.16 bits per heavy atom. The number of nitrogens with zero attached hydrogens (tertiary/aromatic N) is 5. The van der Waals surface area contributed by atoms with Crippen LogP contribution in [0.25, 0.3) is 0 Å². The van der Waals surface area contributed by atoms with Gasteiger partial charge in [0, 0.05) is 50.3 Å². The molecule has 1 aromatic carbocycles. The first-order valence-corrected chi connectivity index (χ1v) is 13.1. The molecule has 0 N–H and O–H groups in total. The Morgan fingerprint density at radius 1 is 1.03 bits per heavy atom. The molecule has 0 radical (unpaired) electrons. The predicted octanol–water partition coefficient (Wildman–Crippen LogP) is 5.10. The summed E-state index contributed by atoms with van der Waals surface area (Å²) < 4.78 is 40.7. The molecule has 0 saturated carbocycles. The van der Waals surface area contributed by atoms with E-state index >= 15 is 0 Å². The molecule has 0 aliphatic carbocycles. The average Bonchev–Trinajstić information content (AvgIpc) is 2.83. The standard InChI is InChI=1S/C28H38F3N5O/c1-19-6-8-23(9-7-19)24(16-28(29,30)31)36-15-14-35(17-20(36)2)27(5)10-12-34(13-11-27)26(37)25-21(3)32-18-33-22(25)4/h6-9,18,20,24H,10-17H2,1-5H3/t20-,24-/m0/s1. The van der Waals surface area contributed by atoms with Crippen LogP contribution in [0.3, 0.4) is 0 Å². The van der Waals surface area contributed by atoms with Crippen LogP contribution >= 0.6 is 0 Å². The van der Waals surface area contributed by atoms with Crippen molar-refractivity contribution in [3.8, 4) is 0 Å². The Morgan fingerprint density at radius 2 is 1.62 bits per heavy atom. The highest BCUT2D eigenvalue weighted by Crippen LogP contribution is 2.38. The van der Waals surface area contributed by atoms with Crippen LogP contribution in [-0.4, -0.2) is 81.1 Å². The lowest BCUT2D eigenvalue weighted by Gasteiger charge is -2.53. The second-order valence-electron chi connectivity index (χ2n) is 11.0. The number of halogens is 3. The fourth-order valence-electron chi connectivity index (χ4n) is 5.93. The highest BCUT2D eigenvalue weighted by atomic mass is 19.4. The number of aromatic nitrogens is 2. The molecule has 1 aromatic heterocycles. The van der Waals surface area contributed by atoms with Gasteiger partial charge in [-0.1, -0.05) is 29.8 Å². The molecule has 2 saturated heterocycles. The van der Waals surface area contributed by atoms with Gasteiger partial charge in [-0.3, -0.25) is 14.6 Å². The van der Waals surface area contributed by atoms with Crippen molar-refractivity contribution in [2.75, 3.05) is 32.7 Å². The molecule has 3 heterocycles. The highest BCUT2D eigenvalue weighted by molar-refractivity contribution is 5.96. The molecule has 0 unspecified atom stereocenters. The number of carbonyl (C=O) groups is 1. The third-order valence-corrected chi connectivity index (χ3v) is 8.30. The van der Waals surface area contributed by atoms with E-state index in [0.717, 1.165) is 24.0 Å². The van der Waals surface area contributed by atoms with E-state index in [1.54, 1.807) is 0 Å². The van der Waals surface area contributed by atoms with Gasteiger partial charge in [-0.25, -0.2) is 9.97 Å². The third-order valence-electron chi connectivity index (χ3n) is 8.30. The number of rotatable bonds is 5. The number of amides is 1. The minimum absolute atomic E-state index is 0.0225. The fourth-order valence-corrected chi connectivity index (χ4v) is 5.93. The number of benzene rings is 1. The fraction of sp³-hybridized carbons (Fsp3) is 0.607. The summed E-state index contributed by atoms with van der Waals surface area (Å²) in [6.07, 6.45) is -1.97. The highest BCUT2D eigenvalue weighted by Gasteiger charge is 2.43. The zero-order valence-electron chi connectivity index (χ0n) is 22.5. The number of hydrogen-bond donors (Lipinski definition) is 0. The van der Waals surface area contributed by atoms with Crippen LogP contribution in [0.1, 0.15) is 72.0 Å². The Hall–Kier alpha value is -2.52. The second-order valence-corrected chi connectivity index (χ2v) is 11.0. The monoisotopic (exact) mass is 517 g/mol. The van der Waals surface area contributed by atoms with Gasteiger partial charge in [0.25, 0.3) is 5.91 Å². The average molecular weight is 518 g/mol. The molecule has 2 aromatic rings. The molecule has 0 bridgehead atoms. The summed E-state index contributed by atoms with van der Waals surface area (Å²) >= 11 is 0. The minimum Gasteiger partial charge on any atom is -0.338 e. The molecular formula is C28H38F3N5O. The van der Waals surface area contributed by atoms with E-state index in [1.807, 2.05) is 61.8 Å². The summed E-state index contributed by atoms with van der Waals surface area (Å²) in [6.45, 7) is 13.1. The topological polar surface area (TPSA) is 52.6 Å². The molecule has 0 spiro atoms. The summed E-state index contributed by atoms with van der Waals surface area (Å²) in [5.41, 5.74) is 3.63. The maximum Gasteiger partial charge on any atom is 0.390 e. The van der Waals surface area contributed by atoms with Crippen molar-refractivity contribution in [1.29, 1.82) is 0 Å². The number of hydrogen-bond acceptors (Lipinski definition) is 5. The first-order chi connectivity index (χ1) is 17.4. The maximum atomic E-state index is 13.6. The number of piperidine rings is 1. The van der Waals surface area contributed by atoms with Crippen molar-refractivity contribution in [1.82, 2.24) is 24.7 Å². The van der Waals surface area contributed by atoms with Crippen LogP contribution in [0.4, 0.5) is 13.2 Å². The van der Waals surface area contributed by atoms with E-state index in [1.165, 1.54) is 6.33 Å². The van der Waals surface area contributed by atoms with Gasteiger partial charge in [0.05, 0.1) is 23.4 Å². The molecule has 1 amide bonds. The summed E-state index contributed by atoms with van der Waals surface area (Å²) in [6, 6.07) is 6.73. The Labute approximate surface area is 217 Å². The number of likely N-dealkylation sites (tertiary alicyclic amines) is 1. The van der Waals surface area contributed by atoms with Gasteiger partial charge in [-0.15, -0.1) is 0 Å². The Balaban J connectivity index is 1.42. The molecule has 2 fully saturated rings. The lowest BCUT2D eigenvalue weighted by molar-refractivity contribution is -0.154. The van der Waals surface area contributed by atoms with Crippen LogP contribution in [-0.2, 0) is 0 Å². The van der Waals surface area contributed by atoms with E-state index in [-0.39, 0.29) is 17.5 Å². The first-order valence-electron chi connectivity index (χ1n) is 13.1. The molecule has 4 rings (SSSR count). The molecule has 202 valence electrons. The van der Waals surface area contributed by atoms with Crippen LogP contribution in [0.2, 0.25) is 0 Å². The maximum absolute atomic E-state index is 13.6. The van der Waals surface area contributed by atoms with Gasteiger partial charge in [0.2, 0.25) is 0 Å². The van der Waals surface area contributed by atoms with Crippen molar-refractivity contribution >= 4 is 5.91 Å². The molecule has 9 heteroatoms. The lowest BCUT2D eigenvalue weighted by Crippen LogP contribution is -2.62. The first kappa shape index (κ1) is 27.5. The Kier molecular flexibility index (Phi) is 7.95. The third kappa shape index (κ3) is 6.14. The summed E-state index contributed by atoms with van der Waals surface area (Å²) in [7, 11) is 0.